The van der Waals surface area contributed by atoms with Gasteiger partial charge in [-0.2, -0.15) is 0 Å². The average Bonchev–Trinajstić information content (AvgIpc) is 3.14. The number of aliphatic imine (C=N–C) groups is 1. The molecule has 0 bridgehead atoms. The molecule has 0 radical (unpaired) electrons. The number of carbonyl (C=O) groups is 1. The topological polar surface area (TPSA) is 57.1 Å². The maximum atomic E-state index is 14.1. The summed E-state index contributed by atoms with van der Waals surface area (Å²) in [6, 6.07) is 17.5. The summed E-state index contributed by atoms with van der Waals surface area (Å²) in [5.41, 5.74) is 1.90. The Balaban J connectivity index is 1.63. The monoisotopic (exact) mass is 621 g/mol. The van der Waals surface area contributed by atoms with Crippen LogP contribution in [0.2, 0.25) is 0 Å². The smallest absolute Gasteiger partial charge is 0.363 e. The van der Waals surface area contributed by atoms with Gasteiger partial charge in [0.15, 0.2) is 17.2 Å². The minimum atomic E-state index is -0.643. The molecule has 0 amide bonds. The Morgan fingerprint density at radius 3 is 2.64 bits per heavy atom. The lowest BCUT2D eigenvalue weighted by molar-refractivity contribution is -0.129. The van der Waals surface area contributed by atoms with Gasteiger partial charge in [0.2, 0.25) is 5.90 Å². The van der Waals surface area contributed by atoms with Crippen LogP contribution in [-0.4, -0.2) is 18.5 Å². The highest BCUT2D eigenvalue weighted by atomic mass is 127. The summed E-state index contributed by atoms with van der Waals surface area (Å²) < 4.78 is 32.9. The zero-order valence-corrected chi connectivity index (χ0v) is 21.2. The molecule has 0 aliphatic carbocycles. The van der Waals surface area contributed by atoms with Gasteiger partial charge in [0.05, 0.1) is 15.7 Å². The van der Waals surface area contributed by atoms with E-state index in [-0.39, 0.29) is 17.2 Å². The number of hydrogen-bond acceptors (Lipinski definition) is 5. The van der Waals surface area contributed by atoms with E-state index in [0.717, 1.165) is 13.6 Å². The number of esters is 1. The summed E-state index contributed by atoms with van der Waals surface area (Å²) in [5.74, 6) is -0.0501. The van der Waals surface area contributed by atoms with Crippen molar-refractivity contribution in [2.24, 2.45) is 4.99 Å². The van der Waals surface area contributed by atoms with Crippen molar-refractivity contribution >= 4 is 56.5 Å². The second kappa shape index (κ2) is 10.5. The first-order valence-electron chi connectivity index (χ1n) is 10.1. The molecule has 0 atom stereocenters. The van der Waals surface area contributed by atoms with Crippen LogP contribution in [-0.2, 0) is 16.1 Å². The number of nitrogens with zero attached hydrogens (tertiary/aromatic N) is 1. The van der Waals surface area contributed by atoms with Crippen molar-refractivity contribution < 1.29 is 23.4 Å². The first-order valence-corrected chi connectivity index (χ1v) is 11.9. The summed E-state index contributed by atoms with van der Waals surface area (Å²) in [5, 5.41) is 0. The van der Waals surface area contributed by atoms with Crippen molar-refractivity contribution in [2.75, 3.05) is 6.61 Å². The standard InChI is InChI=1S/C25H18BrFINO4/c1-2-31-22-13-15(11-20(28)23(22)32-14-16-7-3-5-9-18(16)26)12-21-25(30)33-24(29-21)17-8-4-6-10-19(17)27/h3-13H,2,14H2,1H3/b21-12-. The molecule has 1 aliphatic rings. The van der Waals surface area contributed by atoms with Gasteiger partial charge in [0.25, 0.3) is 0 Å². The van der Waals surface area contributed by atoms with Gasteiger partial charge in [-0.25, -0.2) is 14.2 Å². The fraction of sp³-hybridized carbons (Fsp3) is 0.120. The molecule has 33 heavy (non-hydrogen) atoms. The van der Waals surface area contributed by atoms with Crippen LogP contribution in [0.4, 0.5) is 4.39 Å². The average molecular weight is 622 g/mol. The Morgan fingerprint density at radius 1 is 1.12 bits per heavy atom. The highest BCUT2D eigenvalue weighted by molar-refractivity contribution is 14.1. The first-order chi connectivity index (χ1) is 16.0. The zero-order valence-electron chi connectivity index (χ0n) is 17.5. The van der Waals surface area contributed by atoms with Crippen molar-refractivity contribution in [3.05, 3.63) is 96.9 Å². The predicted molar refractivity (Wildman–Crippen MR) is 136 cm³/mol. The minimum Gasteiger partial charge on any atom is -0.490 e. The summed E-state index contributed by atoms with van der Waals surface area (Å²) in [6.07, 6.45) is 1.58. The summed E-state index contributed by atoms with van der Waals surface area (Å²) in [4.78, 5) is 16.5. The van der Waals surface area contributed by atoms with Crippen LogP contribution in [0, 0.1) is 9.39 Å². The lowest BCUT2D eigenvalue weighted by Gasteiger charge is -2.15. The van der Waals surface area contributed by atoms with E-state index in [1.165, 1.54) is 12.1 Å². The van der Waals surface area contributed by atoms with Crippen LogP contribution >= 0.6 is 38.5 Å². The van der Waals surface area contributed by atoms with Gasteiger partial charge in [0.1, 0.15) is 12.4 Å². The van der Waals surface area contributed by atoms with E-state index >= 15 is 0 Å². The van der Waals surface area contributed by atoms with E-state index in [0.29, 0.717) is 30.3 Å². The van der Waals surface area contributed by atoms with E-state index in [1.807, 2.05) is 37.3 Å². The highest BCUT2D eigenvalue weighted by Crippen LogP contribution is 2.36. The molecule has 0 saturated heterocycles. The van der Waals surface area contributed by atoms with Crippen LogP contribution in [0.5, 0.6) is 11.5 Å². The number of ether oxygens (including phenoxy) is 3. The Morgan fingerprint density at radius 2 is 1.88 bits per heavy atom. The number of hydrogen-bond donors (Lipinski definition) is 0. The Hall–Kier alpha value is -2.72. The molecule has 5 nitrogen and oxygen atoms in total. The second-order valence-electron chi connectivity index (χ2n) is 6.96. The fourth-order valence-corrected chi connectivity index (χ4v) is 4.34. The Labute approximate surface area is 212 Å². The summed E-state index contributed by atoms with van der Waals surface area (Å²) in [7, 11) is 0. The van der Waals surface area contributed by atoms with Gasteiger partial charge in [0, 0.05) is 10.0 Å². The molecular formula is C25H18BrFINO4. The van der Waals surface area contributed by atoms with E-state index in [1.54, 1.807) is 24.3 Å². The number of carbonyl (C=O) groups excluding carboxylic acids is 1. The minimum absolute atomic E-state index is 0.0579. The molecule has 0 aromatic heterocycles. The third-order valence-electron chi connectivity index (χ3n) is 4.69. The highest BCUT2D eigenvalue weighted by Gasteiger charge is 2.26. The van der Waals surface area contributed by atoms with Gasteiger partial charge in [-0.15, -0.1) is 0 Å². The second-order valence-corrected chi connectivity index (χ2v) is 8.98. The molecule has 1 heterocycles. The third-order valence-corrected chi connectivity index (χ3v) is 6.26. The SMILES string of the molecule is CCOc1cc(/C=C2\N=C(c3ccccc3F)OC2=O)cc(I)c1OCc1ccccc1Br. The molecule has 3 aromatic rings. The number of cyclic esters (lactones) is 1. The molecular weight excluding hydrogens is 604 g/mol. The van der Waals surface area contributed by atoms with Gasteiger partial charge in [-0.3, -0.25) is 0 Å². The van der Waals surface area contributed by atoms with Crippen molar-refractivity contribution in [3.8, 4) is 11.5 Å². The normalized spacial score (nSPS) is 14.2. The molecule has 0 fully saturated rings. The predicted octanol–water partition coefficient (Wildman–Crippen LogP) is 6.52. The third kappa shape index (κ3) is 5.44. The van der Waals surface area contributed by atoms with Crippen LogP contribution < -0.4 is 9.47 Å². The Bertz CT molecular complexity index is 1280. The van der Waals surface area contributed by atoms with Gasteiger partial charge in [-0.1, -0.05) is 46.3 Å². The zero-order chi connectivity index (χ0) is 23.4. The maximum Gasteiger partial charge on any atom is 0.363 e. The van der Waals surface area contributed by atoms with Crippen molar-refractivity contribution in [2.45, 2.75) is 13.5 Å². The quantitative estimate of drug-likeness (QED) is 0.171. The molecule has 0 spiro atoms. The van der Waals surface area contributed by atoms with Crippen molar-refractivity contribution in [1.29, 1.82) is 0 Å². The molecule has 8 heteroatoms. The number of rotatable bonds is 7. The van der Waals surface area contributed by atoms with Crippen molar-refractivity contribution in [3.63, 3.8) is 0 Å². The lowest BCUT2D eigenvalue weighted by atomic mass is 10.1. The number of benzene rings is 3. The number of halogens is 3. The van der Waals surface area contributed by atoms with E-state index < -0.39 is 11.8 Å². The van der Waals surface area contributed by atoms with Crippen LogP contribution in [0.25, 0.3) is 6.08 Å². The van der Waals surface area contributed by atoms with E-state index in [9.17, 15) is 9.18 Å². The molecule has 0 N–H and O–H groups in total. The first kappa shape index (κ1) is 23.4. The van der Waals surface area contributed by atoms with Crippen LogP contribution in [0.3, 0.4) is 0 Å². The van der Waals surface area contributed by atoms with Gasteiger partial charge >= 0.3 is 5.97 Å². The van der Waals surface area contributed by atoms with Crippen molar-refractivity contribution in [1.82, 2.24) is 0 Å². The molecule has 3 aromatic carbocycles. The molecule has 168 valence electrons. The van der Waals surface area contributed by atoms with E-state index in [4.69, 9.17) is 14.2 Å². The maximum absolute atomic E-state index is 14.1. The van der Waals surface area contributed by atoms with Gasteiger partial charge < -0.3 is 14.2 Å². The molecule has 0 unspecified atom stereocenters. The fourth-order valence-electron chi connectivity index (χ4n) is 3.16. The summed E-state index contributed by atoms with van der Waals surface area (Å²) >= 11 is 5.69. The summed E-state index contributed by atoms with van der Waals surface area (Å²) in [6.45, 7) is 2.69. The van der Waals surface area contributed by atoms with E-state index in [2.05, 4.69) is 43.5 Å². The lowest BCUT2D eigenvalue weighted by Crippen LogP contribution is -2.07. The molecule has 0 saturated carbocycles. The molecule has 1 aliphatic heterocycles. The van der Waals surface area contributed by atoms with Gasteiger partial charge in [-0.05, 0) is 71.5 Å². The van der Waals surface area contributed by atoms with Crippen LogP contribution in [0.1, 0.15) is 23.6 Å². The Kier molecular flexibility index (Phi) is 7.44. The largest absolute Gasteiger partial charge is 0.490 e. The molecule has 4 rings (SSSR count). The van der Waals surface area contributed by atoms with Crippen LogP contribution in [0.15, 0.2) is 75.8 Å².